The molecule has 0 amide bonds. The van der Waals surface area contributed by atoms with E-state index in [1.807, 2.05) is 38.1 Å². The molecule has 3 rings (SSSR count). The smallest absolute Gasteiger partial charge is 0.244 e. The first kappa shape index (κ1) is 18.1. The van der Waals surface area contributed by atoms with E-state index < -0.39 is 10.0 Å². The van der Waals surface area contributed by atoms with Gasteiger partial charge in [0.25, 0.3) is 0 Å². The number of benzene rings is 2. The average Bonchev–Trinajstić information content (AvgIpc) is 3.16. The normalized spacial score (nSPS) is 11.5. The maximum atomic E-state index is 12.8. The van der Waals surface area contributed by atoms with Gasteiger partial charge in [-0.05, 0) is 48.7 Å². The van der Waals surface area contributed by atoms with Gasteiger partial charge in [-0.1, -0.05) is 18.2 Å². The highest BCUT2D eigenvalue weighted by Crippen LogP contribution is 2.27. The van der Waals surface area contributed by atoms with Crippen molar-refractivity contribution in [3.05, 3.63) is 65.7 Å². The Bertz CT molecular complexity index is 1010. The summed E-state index contributed by atoms with van der Waals surface area (Å²) in [5.41, 5.74) is 3.40. The monoisotopic (exact) mass is 372 g/mol. The number of hydrogen-bond donors (Lipinski definition) is 1. The van der Waals surface area contributed by atoms with Gasteiger partial charge in [0.15, 0.2) is 0 Å². The van der Waals surface area contributed by atoms with Crippen molar-refractivity contribution >= 4 is 10.0 Å². The molecule has 0 aliphatic heterocycles. The maximum Gasteiger partial charge on any atom is 0.244 e. The topological polar surface area (TPSA) is 86.1 Å². The lowest BCUT2D eigenvalue weighted by molar-refractivity contribution is 0.401. The van der Waals surface area contributed by atoms with Crippen molar-refractivity contribution in [2.45, 2.75) is 25.3 Å². The molecule has 0 spiro atoms. The van der Waals surface area contributed by atoms with Crippen molar-refractivity contribution in [1.29, 1.82) is 0 Å². The van der Waals surface area contributed by atoms with Gasteiger partial charge in [0.05, 0.1) is 12.8 Å². The van der Waals surface area contributed by atoms with E-state index in [1.54, 1.807) is 23.1 Å². The Kier molecular flexibility index (Phi) is 5.06. The summed E-state index contributed by atoms with van der Waals surface area (Å²) >= 11 is 0. The Morgan fingerprint density at radius 3 is 2.58 bits per heavy atom. The third-order valence-corrected chi connectivity index (χ3v) is 5.60. The molecule has 2 aromatic carbocycles. The van der Waals surface area contributed by atoms with Crippen LogP contribution in [0.2, 0.25) is 0 Å². The predicted molar refractivity (Wildman–Crippen MR) is 97.9 cm³/mol. The number of para-hydroxylation sites is 1. The van der Waals surface area contributed by atoms with Crippen LogP contribution in [0.3, 0.4) is 0 Å². The lowest BCUT2D eigenvalue weighted by Gasteiger charge is -2.14. The molecule has 0 aliphatic rings. The van der Waals surface area contributed by atoms with E-state index in [0.29, 0.717) is 5.75 Å². The fourth-order valence-corrected chi connectivity index (χ4v) is 3.84. The lowest BCUT2D eigenvalue weighted by Crippen LogP contribution is -2.24. The summed E-state index contributed by atoms with van der Waals surface area (Å²) in [5, 5.41) is 4.11. The van der Waals surface area contributed by atoms with Gasteiger partial charge < -0.3 is 4.74 Å². The van der Waals surface area contributed by atoms with Crippen LogP contribution in [-0.2, 0) is 16.6 Å². The summed E-state index contributed by atoms with van der Waals surface area (Å²) < 4.78 is 35.1. The number of nitrogens with one attached hydrogen (secondary N) is 1. The molecule has 0 radical (unpaired) electrons. The van der Waals surface area contributed by atoms with E-state index >= 15 is 0 Å². The van der Waals surface area contributed by atoms with E-state index in [9.17, 15) is 8.42 Å². The first-order valence-electron chi connectivity index (χ1n) is 8.00. The number of aryl methyl sites for hydroxylation is 2. The highest BCUT2D eigenvalue weighted by atomic mass is 32.2. The van der Waals surface area contributed by atoms with Crippen LogP contribution >= 0.6 is 0 Å². The molecule has 136 valence electrons. The van der Waals surface area contributed by atoms with E-state index in [4.69, 9.17) is 4.74 Å². The van der Waals surface area contributed by atoms with Crippen molar-refractivity contribution in [2.24, 2.45) is 0 Å². The van der Waals surface area contributed by atoms with Gasteiger partial charge in [-0.15, -0.1) is 0 Å². The summed E-state index contributed by atoms with van der Waals surface area (Å²) in [4.78, 5) is 4.06. The van der Waals surface area contributed by atoms with Crippen LogP contribution in [0.15, 0.2) is 53.9 Å². The van der Waals surface area contributed by atoms with Gasteiger partial charge in [0.2, 0.25) is 10.0 Å². The second kappa shape index (κ2) is 7.27. The molecule has 0 bridgehead atoms. The van der Waals surface area contributed by atoms with E-state index in [1.165, 1.54) is 13.4 Å². The number of rotatable bonds is 6. The molecule has 0 saturated heterocycles. The molecule has 3 aromatic rings. The predicted octanol–water partition coefficient (Wildman–Crippen LogP) is 2.37. The van der Waals surface area contributed by atoms with Gasteiger partial charge in [0.1, 0.15) is 23.3 Å². The fraction of sp³-hybridized carbons (Fsp3) is 0.222. The molecular formula is C18H20N4O3S. The second-order valence-corrected chi connectivity index (χ2v) is 7.62. The van der Waals surface area contributed by atoms with Crippen LogP contribution in [0.4, 0.5) is 0 Å². The number of methoxy groups -OCH3 is 1. The molecule has 26 heavy (non-hydrogen) atoms. The molecule has 0 saturated carbocycles. The molecule has 8 heteroatoms. The largest absolute Gasteiger partial charge is 0.495 e. The zero-order valence-corrected chi connectivity index (χ0v) is 15.6. The molecule has 7 nitrogen and oxygen atoms in total. The van der Waals surface area contributed by atoms with Crippen molar-refractivity contribution in [3.63, 3.8) is 0 Å². The molecule has 0 unspecified atom stereocenters. The molecular weight excluding hydrogens is 352 g/mol. The Hall–Kier alpha value is -2.71. The lowest BCUT2D eigenvalue weighted by atomic mass is 10.1. The zero-order chi connectivity index (χ0) is 18.7. The quantitative estimate of drug-likeness (QED) is 0.718. The van der Waals surface area contributed by atoms with Crippen molar-refractivity contribution in [2.75, 3.05) is 7.11 Å². The van der Waals surface area contributed by atoms with Gasteiger partial charge in [-0.2, -0.15) is 5.10 Å². The summed E-state index contributed by atoms with van der Waals surface area (Å²) in [6.07, 6.45) is 3.00. The fourth-order valence-electron chi connectivity index (χ4n) is 2.60. The molecule has 1 heterocycles. The van der Waals surface area contributed by atoms with E-state index in [-0.39, 0.29) is 11.4 Å². The minimum absolute atomic E-state index is 0.119. The molecule has 1 N–H and O–H groups in total. The second-order valence-electron chi connectivity index (χ2n) is 5.88. The van der Waals surface area contributed by atoms with Crippen LogP contribution < -0.4 is 9.46 Å². The Labute approximate surface area is 152 Å². The maximum absolute atomic E-state index is 12.8. The Balaban J connectivity index is 1.90. The average molecular weight is 372 g/mol. The van der Waals surface area contributed by atoms with Gasteiger partial charge in [-0.3, -0.25) is 0 Å². The molecule has 0 aliphatic carbocycles. The summed E-state index contributed by atoms with van der Waals surface area (Å²) in [7, 11) is -2.28. The van der Waals surface area contributed by atoms with Crippen LogP contribution in [0.25, 0.3) is 5.69 Å². The molecule has 0 atom stereocenters. The van der Waals surface area contributed by atoms with Crippen molar-refractivity contribution in [3.8, 4) is 11.4 Å². The Morgan fingerprint density at radius 2 is 1.88 bits per heavy atom. The zero-order valence-electron chi connectivity index (χ0n) is 14.8. The highest BCUT2D eigenvalue weighted by molar-refractivity contribution is 7.89. The number of hydrogen-bond acceptors (Lipinski definition) is 5. The summed E-state index contributed by atoms with van der Waals surface area (Å²) in [5.74, 6) is 0.324. The minimum Gasteiger partial charge on any atom is -0.495 e. The van der Waals surface area contributed by atoms with Crippen molar-refractivity contribution in [1.82, 2.24) is 19.5 Å². The van der Waals surface area contributed by atoms with Crippen LogP contribution in [0.5, 0.6) is 5.75 Å². The third kappa shape index (κ3) is 3.61. The summed E-state index contributed by atoms with van der Waals surface area (Å²) in [6.45, 7) is 3.90. The third-order valence-electron chi connectivity index (χ3n) is 4.18. The van der Waals surface area contributed by atoms with Crippen molar-refractivity contribution < 1.29 is 13.2 Å². The number of nitrogens with zero attached hydrogens (tertiary/aromatic N) is 3. The first-order valence-corrected chi connectivity index (χ1v) is 9.48. The summed E-state index contributed by atoms with van der Waals surface area (Å²) in [6, 6.07) is 10.8. The highest BCUT2D eigenvalue weighted by Gasteiger charge is 2.21. The van der Waals surface area contributed by atoms with Gasteiger partial charge >= 0.3 is 0 Å². The Morgan fingerprint density at radius 1 is 1.15 bits per heavy atom. The number of ether oxygens (including phenoxy) is 1. The SMILES string of the molecule is COc1cc(C)c(C)cc1S(=O)(=O)NCc1ccccc1-n1cncn1. The van der Waals surface area contributed by atoms with Crippen LogP contribution in [0, 0.1) is 13.8 Å². The van der Waals surface area contributed by atoms with Gasteiger partial charge in [-0.25, -0.2) is 22.8 Å². The van der Waals surface area contributed by atoms with Crippen LogP contribution in [-0.4, -0.2) is 30.3 Å². The first-order chi connectivity index (χ1) is 12.4. The van der Waals surface area contributed by atoms with E-state index in [2.05, 4.69) is 14.8 Å². The molecule has 0 fully saturated rings. The number of sulfonamides is 1. The number of aromatic nitrogens is 3. The minimum atomic E-state index is -3.75. The van der Waals surface area contributed by atoms with Gasteiger partial charge in [0, 0.05) is 6.54 Å². The molecule has 1 aromatic heterocycles. The van der Waals surface area contributed by atoms with E-state index in [0.717, 1.165) is 22.4 Å². The standard InChI is InChI=1S/C18H20N4O3S/c1-13-8-17(25-3)18(9-14(13)2)26(23,24)21-10-15-6-4-5-7-16(15)22-12-19-11-20-22/h4-9,11-12,21H,10H2,1-3H3. The van der Waals surface area contributed by atoms with Crippen LogP contribution in [0.1, 0.15) is 16.7 Å².